The van der Waals surface area contributed by atoms with E-state index >= 15 is 0 Å². The summed E-state index contributed by atoms with van der Waals surface area (Å²) in [6.07, 6.45) is -0.936. The Morgan fingerprint density at radius 3 is 2.43 bits per heavy atom. The van der Waals surface area contributed by atoms with Crippen LogP contribution in [0.15, 0.2) is 17.0 Å². The summed E-state index contributed by atoms with van der Waals surface area (Å²) in [5, 5.41) is 22.7. The van der Waals surface area contributed by atoms with Gasteiger partial charge >= 0.3 is 18.0 Å². The minimum atomic E-state index is -1.38. The van der Waals surface area contributed by atoms with Crippen molar-refractivity contribution < 1.29 is 33.9 Å². The van der Waals surface area contributed by atoms with E-state index in [1.54, 1.807) is 20.8 Å². The number of carbonyl (C=O) groups is 3. The molecule has 28 heavy (non-hydrogen) atoms. The zero-order valence-electron chi connectivity index (χ0n) is 15.5. The highest BCUT2D eigenvalue weighted by molar-refractivity contribution is 7.99. The quantitative estimate of drug-likeness (QED) is 0.286. The Labute approximate surface area is 169 Å². The van der Waals surface area contributed by atoms with Crippen LogP contribution < -0.4 is 5.32 Å². The van der Waals surface area contributed by atoms with Gasteiger partial charge in [0.15, 0.2) is 0 Å². The third-order valence-electron chi connectivity index (χ3n) is 3.05. The number of hydrogen-bond donors (Lipinski definition) is 2. The van der Waals surface area contributed by atoms with Gasteiger partial charge in [-0.25, -0.2) is 14.4 Å². The molecule has 1 aromatic carbocycles. The number of amides is 1. The third kappa shape index (κ3) is 6.89. The number of alkyl carbamates (subject to hydrolysis) is 1. The maximum Gasteiger partial charge on any atom is 0.408 e. The SMILES string of the molecule is COC(=O)c1cc([N+](=O)[O-])c(SC[C@H](NC(=O)OC(C)(C)C)C(=O)O)cc1Cl. The largest absolute Gasteiger partial charge is 0.480 e. The molecule has 0 saturated heterocycles. The summed E-state index contributed by atoms with van der Waals surface area (Å²) in [4.78, 5) is 45.4. The number of carboxylic acids is 1. The number of rotatable bonds is 7. The van der Waals surface area contributed by atoms with E-state index in [0.29, 0.717) is 0 Å². The van der Waals surface area contributed by atoms with Gasteiger partial charge < -0.3 is 19.9 Å². The van der Waals surface area contributed by atoms with Crippen LogP contribution in [-0.4, -0.2) is 52.6 Å². The van der Waals surface area contributed by atoms with Crippen molar-refractivity contribution in [2.75, 3.05) is 12.9 Å². The number of aliphatic carboxylic acids is 1. The number of nitro groups is 1. The van der Waals surface area contributed by atoms with E-state index in [4.69, 9.17) is 16.3 Å². The van der Waals surface area contributed by atoms with Crippen LogP contribution in [0.4, 0.5) is 10.5 Å². The van der Waals surface area contributed by atoms with Crippen LogP contribution in [0.5, 0.6) is 0 Å². The first kappa shape index (κ1) is 23.5. The van der Waals surface area contributed by atoms with Crippen LogP contribution >= 0.6 is 23.4 Å². The molecule has 0 aromatic heterocycles. The van der Waals surface area contributed by atoms with Gasteiger partial charge in [0.25, 0.3) is 5.69 Å². The van der Waals surface area contributed by atoms with Crippen molar-refractivity contribution in [1.29, 1.82) is 0 Å². The molecule has 12 heteroatoms. The summed E-state index contributed by atoms with van der Waals surface area (Å²) in [7, 11) is 1.10. The van der Waals surface area contributed by atoms with Gasteiger partial charge in [-0.2, -0.15) is 0 Å². The van der Waals surface area contributed by atoms with Gasteiger partial charge in [-0.3, -0.25) is 10.1 Å². The molecule has 0 aliphatic heterocycles. The number of nitrogens with zero attached hydrogens (tertiary/aromatic N) is 1. The minimum Gasteiger partial charge on any atom is -0.480 e. The number of ether oxygens (including phenoxy) is 2. The topological polar surface area (TPSA) is 145 Å². The average molecular weight is 435 g/mol. The van der Waals surface area contributed by atoms with Gasteiger partial charge in [-0.15, -0.1) is 11.8 Å². The number of methoxy groups -OCH3 is 1. The lowest BCUT2D eigenvalue weighted by atomic mass is 10.2. The van der Waals surface area contributed by atoms with Crippen molar-refractivity contribution >= 4 is 47.1 Å². The number of carboxylic acid groups (broad SMARTS) is 1. The van der Waals surface area contributed by atoms with E-state index < -0.39 is 40.3 Å². The van der Waals surface area contributed by atoms with Crippen molar-refractivity contribution in [3.8, 4) is 0 Å². The number of nitrogens with one attached hydrogen (secondary N) is 1. The molecule has 1 atom stereocenters. The molecule has 0 saturated carbocycles. The summed E-state index contributed by atoms with van der Waals surface area (Å²) >= 11 is 6.76. The predicted molar refractivity (Wildman–Crippen MR) is 101 cm³/mol. The lowest BCUT2D eigenvalue weighted by Gasteiger charge is -2.21. The second-order valence-electron chi connectivity index (χ2n) is 6.40. The van der Waals surface area contributed by atoms with Crippen molar-refractivity contribution in [3.05, 3.63) is 32.8 Å². The second kappa shape index (κ2) is 9.60. The van der Waals surface area contributed by atoms with E-state index in [9.17, 15) is 29.6 Å². The van der Waals surface area contributed by atoms with E-state index in [1.807, 2.05) is 0 Å². The van der Waals surface area contributed by atoms with Crippen LogP contribution in [0.2, 0.25) is 5.02 Å². The molecule has 0 unspecified atom stereocenters. The lowest BCUT2D eigenvalue weighted by molar-refractivity contribution is -0.387. The fourth-order valence-corrected chi connectivity index (χ4v) is 3.23. The second-order valence-corrected chi connectivity index (χ2v) is 7.87. The summed E-state index contributed by atoms with van der Waals surface area (Å²) in [5.41, 5.74) is -1.46. The first-order valence-corrected chi connectivity index (χ1v) is 9.13. The summed E-state index contributed by atoms with van der Waals surface area (Å²) in [6, 6.07) is 0.745. The number of benzene rings is 1. The van der Waals surface area contributed by atoms with Crippen LogP contribution in [-0.2, 0) is 14.3 Å². The van der Waals surface area contributed by atoms with Gasteiger partial charge in [0.1, 0.15) is 11.6 Å². The lowest BCUT2D eigenvalue weighted by Crippen LogP contribution is -2.44. The molecule has 1 rings (SSSR count). The highest BCUT2D eigenvalue weighted by Gasteiger charge is 2.27. The molecule has 1 aromatic rings. The summed E-state index contributed by atoms with van der Waals surface area (Å²) in [6.45, 7) is 4.85. The molecule has 0 spiro atoms. The molecule has 0 radical (unpaired) electrons. The Balaban J connectivity index is 3.03. The monoisotopic (exact) mass is 434 g/mol. The molecule has 0 aliphatic rings. The van der Waals surface area contributed by atoms with E-state index in [2.05, 4.69) is 10.1 Å². The van der Waals surface area contributed by atoms with E-state index in [-0.39, 0.29) is 21.2 Å². The van der Waals surface area contributed by atoms with E-state index in [1.165, 1.54) is 6.07 Å². The summed E-state index contributed by atoms with van der Waals surface area (Å²) < 4.78 is 9.52. The molecule has 10 nitrogen and oxygen atoms in total. The van der Waals surface area contributed by atoms with Crippen LogP contribution in [0.3, 0.4) is 0 Å². The molecule has 0 fully saturated rings. The molecule has 1 amide bonds. The van der Waals surface area contributed by atoms with Crippen LogP contribution in [0, 0.1) is 10.1 Å². The zero-order chi connectivity index (χ0) is 21.6. The Morgan fingerprint density at radius 1 is 1.36 bits per heavy atom. The Bertz CT molecular complexity index is 794. The Morgan fingerprint density at radius 2 is 1.96 bits per heavy atom. The van der Waals surface area contributed by atoms with Gasteiger partial charge in [0, 0.05) is 11.8 Å². The molecule has 2 N–H and O–H groups in total. The van der Waals surface area contributed by atoms with Crippen molar-refractivity contribution in [3.63, 3.8) is 0 Å². The highest BCUT2D eigenvalue weighted by atomic mass is 35.5. The van der Waals surface area contributed by atoms with Crippen molar-refractivity contribution in [2.24, 2.45) is 0 Å². The molecular weight excluding hydrogens is 416 g/mol. The number of hydrogen-bond acceptors (Lipinski definition) is 8. The number of carbonyl (C=O) groups excluding carboxylic acids is 2. The predicted octanol–water partition coefficient (Wildman–Crippen LogP) is 3.10. The molecule has 0 aliphatic carbocycles. The number of thioether (sulfide) groups is 1. The smallest absolute Gasteiger partial charge is 0.408 e. The maximum absolute atomic E-state index is 11.8. The molecular formula is C16H19ClN2O8S. The average Bonchev–Trinajstić information content (AvgIpc) is 2.55. The van der Waals surface area contributed by atoms with Gasteiger partial charge in [-0.1, -0.05) is 11.6 Å². The molecule has 154 valence electrons. The van der Waals surface area contributed by atoms with Gasteiger partial charge in [0.2, 0.25) is 0 Å². The van der Waals surface area contributed by atoms with Gasteiger partial charge in [-0.05, 0) is 26.8 Å². The van der Waals surface area contributed by atoms with Crippen molar-refractivity contribution in [1.82, 2.24) is 5.32 Å². The fourth-order valence-electron chi connectivity index (χ4n) is 1.87. The molecule has 0 heterocycles. The molecule has 0 bridgehead atoms. The first-order valence-electron chi connectivity index (χ1n) is 7.77. The Kier molecular flexibility index (Phi) is 8.06. The van der Waals surface area contributed by atoms with Crippen molar-refractivity contribution in [2.45, 2.75) is 37.3 Å². The first-order chi connectivity index (χ1) is 12.9. The Hall–Kier alpha value is -2.53. The number of nitro benzene ring substituents is 1. The van der Waals surface area contributed by atoms with Crippen LogP contribution in [0.25, 0.3) is 0 Å². The number of esters is 1. The van der Waals surface area contributed by atoms with E-state index in [0.717, 1.165) is 24.9 Å². The van der Waals surface area contributed by atoms with Crippen LogP contribution in [0.1, 0.15) is 31.1 Å². The summed E-state index contributed by atoms with van der Waals surface area (Å²) in [5.74, 6) is -2.44. The third-order valence-corrected chi connectivity index (χ3v) is 4.50. The zero-order valence-corrected chi connectivity index (χ0v) is 17.0. The maximum atomic E-state index is 11.8. The minimum absolute atomic E-state index is 0.0277. The highest BCUT2D eigenvalue weighted by Crippen LogP contribution is 2.35. The normalized spacial score (nSPS) is 12.0. The standard InChI is InChI=1S/C16H19ClN2O8S/c1-16(2,3)27-15(23)18-10(13(20)21)7-28-12-6-9(17)8(14(22)26-4)5-11(12)19(24)25/h5-6,10H,7H2,1-4H3,(H,18,23)(H,20,21)/t10-/m0/s1. The fraction of sp³-hybridized carbons (Fsp3) is 0.438. The van der Waals surface area contributed by atoms with Gasteiger partial charge in [0.05, 0.1) is 27.5 Å². The number of halogens is 1.